The second kappa shape index (κ2) is 6.19. The molecule has 1 aromatic carbocycles. The molecule has 1 rings (SSSR count). The first-order chi connectivity index (χ1) is 6.27. The Bertz CT molecular complexity index is 307. The fraction of sp³-hybridized carbons (Fsp3) is 0.333. The fourth-order valence-corrected chi connectivity index (χ4v) is 1.05. The van der Waals surface area contributed by atoms with Crippen molar-refractivity contribution in [1.82, 2.24) is 0 Å². The first kappa shape index (κ1) is 12.7. The highest BCUT2D eigenvalue weighted by atomic mass is 35.5. The van der Waals surface area contributed by atoms with Crippen LogP contribution in [0, 0.1) is 5.39 Å². The van der Waals surface area contributed by atoms with Crippen molar-refractivity contribution in [2.24, 2.45) is 0 Å². The summed E-state index contributed by atoms with van der Waals surface area (Å²) in [7, 11) is 1.89. The van der Waals surface area contributed by atoms with Gasteiger partial charge in [0.05, 0.1) is 6.61 Å². The third kappa shape index (κ3) is 3.21. The Morgan fingerprint density at radius 2 is 1.93 bits per heavy atom. The van der Waals surface area contributed by atoms with Crippen molar-refractivity contribution < 1.29 is 17.5 Å². The standard InChI is InChI=1S/C9H12N3O.ClH/c1-12(6-7-13)9-4-2-8(11-10)3-5-9;/h2-5,13H,6-7H2,1H3;1H/q+1;/p-1. The van der Waals surface area contributed by atoms with Gasteiger partial charge >= 0.3 is 5.69 Å². The van der Waals surface area contributed by atoms with Gasteiger partial charge in [0.1, 0.15) is 0 Å². The van der Waals surface area contributed by atoms with Gasteiger partial charge in [-0.1, -0.05) is 0 Å². The minimum absolute atomic E-state index is 0. The average Bonchev–Trinajstić information content (AvgIpc) is 2.18. The molecule has 0 aliphatic heterocycles. The number of hydrogen-bond donors (Lipinski definition) is 1. The van der Waals surface area contributed by atoms with Crippen molar-refractivity contribution in [2.75, 3.05) is 25.1 Å². The van der Waals surface area contributed by atoms with Gasteiger partial charge in [0, 0.05) is 31.4 Å². The third-order valence-corrected chi connectivity index (χ3v) is 1.84. The van der Waals surface area contributed by atoms with Crippen LogP contribution < -0.4 is 17.3 Å². The molecular formula is C9H12ClN3O. The van der Waals surface area contributed by atoms with E-state index >= 15 is 0 Å². The summed E-state index contributed by atoms with van der Waals surface area (Å²) in [6.07, 6.45) is 0. The van der Waals surface area contributed by atoms with Gasteiger partial charge in [0.15, 0.2) is 4.98 Å². The summed E-state index contributed by atoms with van der Waals surface area (Å²) in [5, 5.41) is 17.1. The molecule has 0 amide bonds. The van der Waals surface area contributed by atoms with Crippen molar-refractivity contribution in [2.45, 2.75) is 0 Å². The van der Waals surface area contributed by atoms with E-state index in [1.807, 2.05) is 24.1 Å². The lowest BCUT2D eigenvalue weighted by molar-refractivity contribution is -0.00000404. The second-order valence-electron chi connectivity index (χ2n) is 2.76. The maximum atomic E-state index is 8.70. The molecule has 5 heteroatoms. The highest BCUT2D eigenvalue weighted by molar-refractivity contribution is 5.54. The predicted octanol–water partition coefficient (Wildman–Crippen LogP) is -1.40. The minimum Gasteiger partial charge on any atom is -1.00 e. The van der Waals surface area contributed by atoms with E-state index in [4.69, 9.17) is 10.5 Å². The van der Waals surface area contributed by atoms with Gasteiger partial charge < -0.3 is 22.4 Å². The molecule has 0 fully saturated rings. The minimum atomic E-state index is 0. The topological polar surface area (TPSA) is 51.6 Å². The zero-order valence-corrected chi connectivity index (χ0v) is 8.65. The molecule has 0 unspecified atom stereocenters. The molecule has 76 valence electrons. The van der Waals surface area contributed by atoms with E-state index in [9.17, 15) is 0 Å². The van der Waals surface area contributed by atoms with Gasteiger partial charge in [-0.2, -0.15) is 0 Å². The summed E-state index contributed by atoms with van der Waals surface area (Å²) in [5.41, 5.74) is 1.52. The molecule has 0 aliphatic rings. The van der Waals surface area contributed by atoms with Crippen LogP contribution in [-0.2, 0) is 0 Å². The molecule has 0 aliphatic carbocycles. The number of rotatable bonds is 3. The van der Waals surface area contributed by atoms with Crippen molar-refractivity contribution in [3.05, 3.63) is 29.2 Å². The summed E-state index contributed by atoms with van der Waals surface area (Å²) in [5.74, 6) is 0. The van der Waals surface area contributed by atoms with Crippen LogP contribution in [0.5, 0.6) is 0 Å². The number of diazo groups is 1. The van der Waals surface area contributed by atoms with Gasteiger partial charge in [-0.3, -0.25) is 0 Å². The van der Waals surface area contributed by atoms with Gasteiger partial charge in [-0.05, 0) is 12.1 Å². The van der Waals surface area contributed by atoms with Crippen LogP contribution in [0.2, 0.25) is 0 Å². The normalized spacial score (nSPS) is 8.64. The molecule has 1 N–H and O–H groups in total. The lowest BCUT2D eigenvalue weighted by Crippen LogP contribution is -3.00. The molecule has 0 aromatic heterocycles. The van der Waals surface area contributed by atoms with Crippen LogP contribution in [0.15, 0.2) is 24.3 Å². The molecule has 0 saturated heterocycles. The Morgan fingerprint density at radius 1 is 1.36 bits per heavy atom. The van der Waals surface area contributed by atoms with Gasteiger partial charge in [-0.15, -0.1) is 0 Å². The lowest BCUT2D eigenvalue weighted by Gasteiger charge is -2.16. The first-order valence-corrected chi connectivity index (χ1v) is 4.05. The quantitative estimate of drug-likeness (QED) is 0.629. The average molecular weight is 214 g/mol. The van der Waals surface area contributed by atoms with Crippen LogP contribution in [0.1, 0.15) is 0 Å². The number of aliphatic hydroxyl groups excluding tert-OH is 1. The van der Waals surface area contributed by atoms with Crippen molar-refractivity contribution >= 4 is 11.4 Å². The van der Waals surface area contributed by atoms with E-state index in [-0.39, 0.29) is 19.0 Å². The highest BCUT2D eigenvalue weighted by Gasteiger charge is 2.04. The van der Waals surface area contributed by atoms with Gasteiger partial charge in [0.2, 0.25) is 5.39 Å². The van der Waals surface area contributed by atoms with Crippen LogP contribution in [-0.4, -0.2) is 25.3 Å². The second-order valence-corrected chi connectivity index (χ2v) is 2.76. The number of halogens is 1. The third-order valence-electron chi connectivity index (χ3n) is 1.84. The summed E-state index contributed by atoms with van der Waals surface area (Å²) in [6, 6.07) is 7.10. The van der Waals surface area contributed by atoms with Crippen molar-refractivity contribution in [3.63, 3.8) is 0 Å². The van der Waals surface area contributed by atoms with E-state index in [0.717, 1.165) is 5.69 Å². The Hall–Kier alpha value is -1.31. The Kier molecular flexibility index (Phi) is 5.61. The SMILES string of the molecule is CN(CCO)c1ccc([N+]#N)cc1.[Cl-]. The van der Waals surface area contributed by atoms with E-state index in [2.05, 4.69) is 4.98 Å². The number of likely N-dealkylation sites (N-methyl/N-ethyl adjacent to an activating group) is 1. The van der Waals surface area contributed by atoms with Crippen LogP contribution in [0.25, 0.3) is 4.98 Å². The molecule has 0 bridgehead atoms. The monoisotopic (exact) mass is 213 g/mol. The predicted molar refractivity (Wildman–Crippen MR) is 51.5 cm³/mol. The number of benzene rings is 1. The molecule has 0 spiro atoms. The van der Waals surface area contributed by atoms with Crippen LogP contribution in [0.3, 0.4) is 0 Å². The van der Waals surface area contributed by atoms with E-state index in [1.54, 1.807) is 12.1 Å². The fourth-order valence-electron chi connectivity index (χ4n) is 1.05. The molecule has 0 saturated carbocycles. The van der Waals surface area contributed by atoms with Gasteiger partial charge in [0.25, 0.3) is 0 Å². The number of nitrogens with zero attached hydrogens (tertiary/aromatic N) is 3. The van der Waals surface area contributed by atoms with Crippen molar-refractivity contribution in [1.29, 1.82) is 5.39 Å². The van der Waals surface area contributed by atoms with Gasteiger partial charge in [-0.25, -0.2) is 0 Å². The van der Waals surface area contributed by atoms with E-state index < -0.39 is 0 Å². The molecule has 0 atom stereocenters. The molecule has 1 aromatic rings. The summed E-state index contributed by atoms with van der Waals surface area (Å²) >= 11 is 0. The van der Waals surface area contributed by atoms with Crippen molar-refractivity contribution in [3.8, 4) is 0 Å². The largest absolute Gasteiger partial charge is 1.00 e. The van der Waals surface area contributed by atoms with Crippen LogP contribution >= 0.6 is 0 Å². The maximum Gasteiger partial charge on any atom is 0.385 e. The lowest BCUT2D eigenvalue weighted by atomic mass is 10.2. The summed E-state index contributed by atoms with van der Waals surface area (Å²) in [4.78, 5) is 4.97. The van der Waals surface area contributed by atoms with E-state index in [0.29, 0.717) is 12.2 Å². The number of hydrogen-bond acceptors (Lipinski definition) is 3. The molecule has 0 radical (unpaired) electrons. The Labute approximate surface area is 89.2 Å². The smallest absolute Gasteiger partial charge is 0.385 e. The highest BCUT2D eigenvalue weighted by Crippen LogP contribution is 2.18. The van der Waals surface area contributed by atoms with Crippen LogP contribution in [0.4, 0.5) is 11.4 Å². The molecular weight excluding hydrogens is 202 g/mol. The first-order valence-electron chi connectivity index (χ1n) is 4.05. The zero-order chi connectivity index (χ0) is 9.68. The molecule has 14 heavy (non-hydrogen) atoms. The van der Waals surface area contributed by atoms with E-state index in [1.165, 1.54) is 0 Å². The Balaban J connectivity index is 0.00000169. The summed E-state index contributed by atoms with van der Waals surface area (Å²) < 4.78 is 0. The number of aliphatic hydroxyl groups is 1. The maximum absolute atomic E-state index is 8.70. The zero-order valence-electron chi connectivity index (χ0n) is 7.89. The molecule has 4 nitrogen and oxygen atoms in total. The molecule has 0 heterocycles. The summed E-state index contributed by atoms with van der Waals surface area (Å²) in [6.45, 7) is 0.720. The number of anilines is 1. The Morgan fingerprint density at radius 3 is 2.36 bits per heavy atom.